The van der Waals surface area contributed by atoms with E-state index in [4.69, 9.17) is 0 Å². The zero-order valence-corrected chi connectivity index (χ0v) is 9.77. The van der Waals surface area contributed by atoms with Crippen molar-refractivity contribution in [1.82, 2.24) is 4.90 Å². The zero-order chi connectivity index (χ0) is 11.5. The van der Waals surface area contributed by atoms with Gasteiger partial charge in [-0.2, -0.15) is 13.2 Å². The van der Waals surface area contributed by atoms with Crippen molar-refractivity contribution >= 4 is 21.8 Å². The first kappa shape index (κ1) is 12.8. The molecule has 1 saturated heterocycles. The molecule has 0 aromatic heterocycles. The van der Waals surface area contributed by atoms with E-state index in [9.17, 15) is 18.0 Å². The minimum absolute atomic E-state index is 0.383. The lowest BCUT2D eigenvalue weighted by atomic mass is 10.1. The summed E-state index contributed by atoms with van der Waals surface area (Å²) in [6, 6.07) is 0. The fraction of sp³-hybridized carbons (Fsp3) is 0.889. The molecule has 0 atom stereocenters. The highest BCUT2D eigenvalue weighted by molar-refractivity contribution is 9.09. The van der Waals surface area contributed by atoms with Crippen LogP contribution < -0.4 is 0 Å². The Labute approximate surface area is 94.9 Å². The van der Waals surface area contributed by atoms with Gasteiger partial charge in [0.05, 0.1) is 6.42 Å². The van der Waals surface area contributed by atoms with Crippen LogP contribution in [0.2, 0.25) is 0 Å². The van der Waals surface area contributed by atoms with Gasteiger partial charge in [0.2, 0.25) is 5.91 Å². The normalized spacial score (nSPS) is 19.3. The third-order valence-electron chi connectivity index (χ3n) is 2.40. The van der Waals surface area contributed by atoms with Crippen LogP contribution in [0.1, 0.15) is 25.7 Å². The number of piperidine rings is 1. The summed E-state index contributed by atoms with van der Waals surface area (Å²) in [6.45, 7) is 1.12. The maximum atomic E-state index is 11.9. The molecule has 1 amide bonds. The van der Waals surface area contributed by atoms with Gasteiger partial charge in [-0.25, -0.2) is 0 Å². The van der Waals surface area contributed by atoms with E-state index in [-0.39, 0.29) is 5.91 Å². The van der Waals surface area contributed by atoms with Gasteiger partial charge in [-0.05, 0) is 12.8 Å². The van der Waals surface area contributed by atoms with E-state index in [0.717, 1.165) is 12.8 Å². The molecule has 2 nitrogen and oxygen atoms in total. The molecule has 15 heavy (non-hydrogen) atoms. The minimum atomic E-state index is -4.23. The Hall–Kier alpha value is -0.260. The molecule has 1 aliphatic heterocycles. The van der Waals surface area contributed by atoms with Crippen LogP contribution in [0.25, 0.3) is 0 Å². The molecule has 1 heterocycles. The number of halogens is 4. The third-order valence-corrected chi connectivity index (χ3v) is 3.32. The first-order valence-corrected chi connectivity index (χ1v) is 5.78. The van der Waals surface area contributed by atoms with Crippen LogP contribution in [0.5, 0.6) is 0 Å². The lowest BCUT2D eigenvalue weighted by Gasteiger charge is -2.29. The highest BCUT2D eigenvalue weighted by Crippen LogP contribution is 2.23. The largest absolute Gasteiger partial charge is 0.389 e. The summed E-state index contributed by atoms with van der Waals surface area (Å²) >= 11 is 3.42. The van der Waals surface area contributed by atoms with Gasteiger partial charge in [0.1, 0.15) is 0 Å². The van der Waals surface area contributed by atoms with Crippen molar-refractivity contribution in [3.63, 3.8) is 0 Å². The second kappa shape index (κ2) is 5.18. The number of nitrogens with zero attached hydrogens (tertiary/aromatic N) is 1. The lowest BCUT2D eigenvalue weighted by molar-refractivity contribution is -0.149. The highest BCUT2D eigenvalue weighted by atomic mass is 79.9. The standard InChI is InChI=1S/C9H13BrF3NO/c10-7-2-5-14(6-3-7)8(15)1-4-9(11,12)13/h7H,1-6H2. The van der Waals surface area contributed by atoms with Crippen molar-refractivity contribution in [3.8, 4) is 0 Å². The van der Waals surface area contributed by atoms with Crippen molar-refractivity contribution in [2.75, 3.05) is 13.1 Å². The molecule has 1 rings (SSSR count). The molecular weight excluding hydrogens is 275 g/mol. The Morgan fingerprint density at radius 2 is 1.87 bits per heavy atom. The van der Waals surface area contributed by atoms with Crippen molar-refractivity contribution in [2.45, 2.75) is 36.7 Å². The van der Waals surface area contributed by atoms with Gasteiger partial charge in [0.15, 0.2) is 0 Å². The van der Waals surface area contributed by atoms with Gasteiger partial charge < -0.3 is 4.90 Å². The summed E-state index contributed by atoms with van der Waals surface area (Å²) in [5.41, 5.74) is 0. The van der Waals surface area contributed by atoms with Gasteiger partial charge in [-0.15, -0.1) is 0 Å². The molecule has 0 aromatic carbocycles. The Bertz CT molecular complexity index is 224. The van der Waals surface area contributed by atoms with Gasteiger partial charge in [-0.3, -0.25) is 4.79 Å². The number of likely N-dealkylation sites (tertiary alicyclic amines) is 1. The van der Waals surface area contributed by atoms with Crippen LogP contribution in [-0.4, -0.2) is 34.9 Å². The number of amides is 1. The maximum Gasteiger partial charge on any atom is 0.389 e. The molecule has 88 valence electrons. The number of rotatable bonds is 2. The molecule has 0 radical (unpaired) electrons. The van der Waals surface area contributed by atoms with E-state index in [1.807, 2.05) is 0 Å². The molecule has 6 heteroatoms. The molecular formula is C9H13BrF3NO. The summed E-state index contributed by atoms with van der Waals surface area (Å²) in [5, 5.41) is 0. The number of hydrogen-bond donors (Lipinski definition) is 0. The van der Waals surface area contributed by atoms with Crippen LogP contribution in [0.3, 0.4) is 0 Å². The van der Waals surface area contributed by atoms with Crippen LogP contribution in [0.15, 0.2) is 0 Å². The molecule has 0 aromatic rings. The SMILES string of the molecule is O=C(CCC(F)(F)F)N1CCC(Br)CC1. The van der Waals surface area contributed by atoms with E-state index in [1.54, 1.807) is 0 Å². The molecule has 1 fully saturated rings. The maximum absolute atomic E-state index is 11.9. The van der Waals surface area contributed by atoms with Gasteiger partial charge in [0, 0.05) is 24.3 Å². The number of carbonyl (C=O) groups is 1. The van der Waals surface area contributed by atoms with Crippen molar-refractivity contribution < 1.29 is 18.0 Å². The topological polar surface area (TPSA) is 20.3 Å². The second-order valence-electron chi connectivity index (χ2n) is 3.67. The lowest BCUT2D eigenvalue weighted by Crippen LogP contribution is -2.39. The summed E-state index contributed by atoms with van der Waals surface area (Å²) < 4.78 is 35.6. The van der Waals surface area contributed by atoms with E-state index in [2.05, 4.69) is 15.9 Å². The highest BCUT2D eigenvalue weighted by Gasteiger charge is 2.30. The Kier molecular flexibility index (Phi) is 4.43. The minimum Gasteiger partial charge on any atom is -0.343 e. The fourth-order valence-corrected chi connectivity index (χ4v) is 1.91. The molecule has 0 saturated carbocycles. The van der Waals surface area contributed by atoms with Crippen molar-refractivity contribution in [1.29, 1.82) is 0 Å². The predicted octanol–water partition coefficient (Wildman–Crippen LogP) is 2.71. The van der Waals surface area contributed by atoms with E-state index in [1.165, 1.54) is 4.90 Å². The number of alkyl halides is 4. The van der Waals surface area contributed by atoms with Gasteiger partial charge in [-0.1, -0.05) is 15.9 Å². The Morgan fingerprint density at radius 1 is 1.33 bits per heavy atom. The summed E-state index contributed by atoms with van der Waals surface area (Å²) in [5.74, 6) is -0.383. The molecule has 1 aliphatic rings. The predicted molar refractivity (Wildman–Crippen MR) is 53.8 cm³/mol. The average molecular weight is 288 g/mol. The van der Waals surface area contributed by atoms with Crippen LogP contribution in [0.4, 0.5) is 13.2 Å². The van der Waals surface area contributed by atoms with Crippen molar-refractivity contribution in [2.24, 2.45) is 0 Å². The summed E-state index contributed by atoms with van der Waals surface area (Å²) in [7, 11) is 0. The van der Waals surface area contributed by atoms with Crippen LogP contribution in [0, 0.1) is 0 Å². The first-order valence-electron chi connectivity index (χ1n) is 4.87. The summed E-state index contributed by atoms with van der Waals surface area (Å²) in [4.78, 5) is 13.3. The fourth-order valence-electron chi connectivity index (χ4n) is 1.50. The summed E-state index contributed by atoms with van der Waals surface area (Å²) in [6.07, 6.45) is -4.03. The molecule has 0 aliphatic carbocycles. The van der Waals surface area contributed by atoms with E-state index >= 15 is 0 Å². The number of hydrogen-bond acceptors (Lipinski definition) is 1. The quantitative estimate of drug-likeness (QED) is 0.715. The second-order valence-corrected chi connectivity index (χ2v) is 4.97. The molecule has 0 unspecified atom stereocenters. The van der Waals surface area contributed by atoms with Crippen LogP contribution >= 0.6 is 15.9 Å². The molecule has 0 N–H and O–H groups in total. The Morgan fingerprint density at radius 3 is 2.33 bits per heavy atom. The first-order chi connectivity index (χ1) is 6.88. The van der Waals surface area contributed by atoms with Gasteiger partial charge >= 0.3 is 6.18 Å². The van der Waals surface area contributed by atoms with E-state index in [0.29, 0.717) is 17.9 Å². The molecule has 0 bridgehead atoms. The number of carbonyl (C=O) groups excluding carboxylic acids is 1. The van der Waals surface area contributed by atoms with Crippen molar-refractivity contribution in [3.05, 3.63) is 0 Å². The average Bonchev–Trinajstić information content (AvgIpc) is 2.14. The van der Waals surface area contributed by atoms with E-state index < -0.39 is 19.0 Å². The third kappa shape index (κ3) is 4.86. The zero-order valence-electron chi connectivity index (χ0n) is 8.19. The van der Waals surface area contributed by atoms with Gasteiger partial charge in [0.25, 0.3) is 0 Å². The monoisotopic (exact) mass is 287 g/mol. The van der Waals surface area contributed by atoms with Crippen LogP contribution in [-0.2, 0) is 4.79 Å². The Balaban J connectivity index is 2.29. The smallest absolute Gasteiger partial charge is 0.343 e. The molecule has 0 spiro atoms.